The third kappa shape index (κ3) is 3.09. The molecule has 1 fully saturated rings. The van der Waals surface area contributed by atoms with Crippen LogP contribution in [-0.2, 0) is 10.3 Å². The van der Waals surface area contributed by atoms with E-state index in [-0.39, 0.29) is 5.54 Å². The zero-order valence-electron chi connectivity index (χ0n) is 11.9. The quantitative estimate of drug-likeness (QED) is 0.889. The minimum absolute atomic E-state index is 0.107. The highest BCUT2D eigenvalue weighted by atomic mass is 16.5. The average Bonchev–Trinajstić information content (AvgIpc) is 2.83. The largest absolute Gasteiger partial charge is 0.377 e. The van der Waals surface area contributed by atoms with Crippen molar-refractivity contribution in [2.24, 2.45) is 0 Å². The number of aryl methyl sites for hydroxylation is 2. The summed E-state index contributed by atoms with van der Waals surface area (Å²) in [6, 6.07) is 4.26. The van der Waals surface area contributed by atoms with Crippen molar-refractivity contribution in [3.63, 3.8) is 0 Å². The zero-order valence-corrected chi connectivity index (χ0v) is 11.9. The molecule has 3 nitrogen and oxygen atoms in total. The van der Waals surface area contributed by atoms with Crippen LogP contribution < -0.4 is 5.32 Å². The summed E-state index contributed by atoms with van der Waals surface area (Å²) in [5, 5.41) is 3.58. The topological polar surface area (TPSA) is 34.1 Å². The molecule has 1 aliphatic rings. The number of ether oxygens (including phenoxy) is 1. The summed E-state index contributed by atoms with van der Waals surface area (Å²) in [6.07, 6.45) is 2.73. The van der Waals surface area contributed by atoms with Gasteiger partial charge in [0, 0.05) is 18.8 Å². The van der Waals surface area contributed by atoms with Crippen molar-refractivity contribution in [3.05, 3.63) is 29.1 Å². The Bertz CT molecular complexity index is 409. The molecule has 100 valence electrons. The molecule has 2 heterocycles. The van der Waals surface area contributed by atoms with Crippen LogP contribution in [0.4, 0.5) is 0 Å². The minimum atomic E-state index is -0.107. The number of rotatable bonds is 4. The van der Waals surface area contributed by atoms with Crippen molar-refractivity contribution in [2.45, 2.75) is 52.2 Å². The molecule has 1 aromatic rings. The van der Waals surface area contributed by atoms with Gasteiger partial charge in [0.1, 0.15) is 0 Å². The lowest BCUT2D eigenvalue weighted by molar-refractivity contribution is 0.102. The average molecular weight is 248 g/mol. The van der Waals surface area contributed by atoms with Crippen molar-refractivity contribution in [1.29, 1.82) is 0 Å². The number of aromatic nitrogens is 1. The molecule has 1 atom stereocenters. The van der Waals surface area contributed by atoms with Crippen LogP contribution in [0.15, 0.2) is 12.1 Å². The molecule has 0 aromatic carbocycles. The van der Waals surface area contributed by atoms with Crippen LogP contribution in [0.5, 0.6) is 0 Å². The van der Waals surface area contributed by atoms with Crippen LogP contribution in [0.3, 0.4) is 0 Å². The van der Waals surface area contributed by atoms with Gasteiger partial charge in [0.15, 0.2) is 0 Å². The van der Waals surface area contributed by atoms with Gasteiger partial charge in [-0.05, 0) is 52.2 Å². The maximum absolute atomic E-state index is 5.64. The molecular weight excluding hydrogens is 224 g/mol. The normalized spacial score (nSPS) is 20.3. The van der Waals surface area contributed by atoms with E-state index in [2.05, 4.69) is 50.1 Å². The second kappa shape index (κ2) is 5.37. The Kier molecular flexibility index (Phi) is 4.03. The second-order valence-electron chi connectivity index (χ2n) is 5.74. The molecule has 3 heteroatoms. The number of nitrogens with one attached hydrogen (secondary N) is 1. The van der Waals surface area contributed by atoms with Crippen LogP contribution in [0.1, 0.15) is 43.6 Å². The molecule has 1 aromatic heterocycles. The number of hydrogen-bond acceptors (Lipinski definition) is 3. The Balaban J connectivity index is 2.01. The Morgan fingerprint density at radius 3 is 2.78 bits per heavy atom. The SMILES string of the molecule is Cc1ccc(C(C)(C)NC[C@H]2CCCO2)nc1C. The lowest BCUT2D eigenvalue weighted by Gasteiger charge is -2.28. The fraction of sp³-hybridized carbons (Fsp3) is 0.667. The van der Waals surface area contributed by atoms with Crippen LogP contribution >= 0.6 is 0 Å². The van der Waals surface area contributed by atoms with Gasteiger partial charge in [-0.1, -0.05) is 6.07 Å². The van der Waals surface area contributed by atoms with Gasteiger partial charge in [0.25, 0.3) is 0 Å². The summed E-state index contributed by atoms with van der Waals surface area (Å²) >= 11 is 0. The van der Waals surface area contributed by atoms with Gasteiger partial charge in [-0.25, -0.2) is 0 Å². The van der Waals surface area contributed by atoms with E-state index in [4.69, 9.17) is 4.74 Å². The Morgan fingerprint density at radius 2 is 2.17 bits per heavy atom. The minimum Gasteiger partial charge on any atom is -0.377 e. The van der Waals surface area contributed by atoms with Gasteiger partial charge in [0.05, 0.1) is 17.3 Å². The number of pyridine rings is 1. The molecule has 0 bridgehead atoms. The summed E-state index contributed by atoms with van der Waals surface area (Å²) < 4.78 is 5.64. The van der Waals surface area contributed by atoms with E-state index >= 15 is 0 Å². The van der Waals surface area contributed by atoms with Crippen LogP contribution in [0.2, 0.25) is 0 Å². The van der Waals surface area contributed by atoms with Gasteiger partial charge >= 0.3 is 0 Å². The maximum Gasteiger partial charge on any atom is 0.0700 e. The van der Waals surface area contributed by atoms with Crippen molar-refractivity contribution in [1.82, 2.24) is 10.3 Å². The Hall–Kier alpha value is -0.930. The van der Waals surface area contributed by atoms with E-state index in [1.165, 1.54) is 18.4 Å². The summed E-state index contributed by atoms with van der Waals surface area (Å²) in [5.74, 6) is 0. The molecule has 18 heavy (non-hydrogen) atoms. The van der Waals surface area contributed by atoms with E-state index in [9.17, 15) is 0 Å². The summed E-state index contributed by atoms with van der Waals surface area (Å²) in [5.41, 5.74) is 3.35. The Morgan fingerprint density at radius 1 is 1.39 bits per heavy atom. The molecule has 0 spiro atoms. The molecule has 0 unspecified atom stereocenters. The van der Waals surface area contributed by atoms with Crippen molar-refractivity contribution >= 4 is 0 Å². The van der Waals surface area contributed by atoms with Crippen LogP contribution in [0, 0.1) is 13.8 Å². The molecule has 1 N–H and O–H groups in total. The second-order valence-corrected chi connectivity index (χ2v) is 5.74. The van der Waals surface area contributed by atoms with E-state index in [1.807, 2.05) is 0 Å². The van der Waals surface area contributed by atoms with Crippen molar-refractivity contribution < 1.29 is 4.74 Å². The van der Waals surface area contributed by atoms with Crippen molar-refractivity contribution in [3.8, 4) is 0 Å². The van der Waals surface area contributed by atoms with Crippen molar-refractivity contribution in [2.75, 3.05) is 13.2 Å². The molecule has 1 saturated heterocycles. The van der Waals surface area contributed by atoms with Crippen LogP contribution in [0.25, 0.3) is 0 Å². The van der Waals surface area contributed by atoms with Gasteiger partial charge in [-0.2, -0.15) is 0 Å². The lowest BCUT2D eigenvalue weighted by atomic mass is 9.98. The summed E-state index contributed by atoms with van der Waals surface area (Å²) in [6.45, 7) is 10.3. The molecule has 0 saturated carbocycles. The molecule has 0 aliphatic carbocycles. The van der Waals surface area contributed by atoms with Gasteiger partial charge in [-0.15, -0.1) is 0 Å². The van der Waals surface area contributed by atoms with E-state index in [0.29, 0.717) is 6.10 Å². The fourth-order valence-corrected chi connectivity index (χ4v) is 2.24. The Labute approximate surface area is 110 Å². The number of hydrogen-bond donors (Lipinski definition) is 1. The predicted molar refractivity (Wildman–Crippen MR) is 73.7 cm³/mol. The van der Waals surface area contributed by atoms with E-state index in [0.717, 1.165) is 24.5 Å². The first-order valence-corrected chi connectivity index (χ1v) is 6.80. The maximum atomic E-state index is 5.64. The highest BCUT2D eigenvalue weighted by Crippen LogP contribution is 2.20. The molecular formula is C15H24N2O. The molecule has 1 aliphatic heterocycles. The summed E-state index contributed by atoms with van der Waals surface area (Å²) in [4.78, 5) is 4.69. The first-order valence-electron chi connectivity index (χ1n) is 6.80. The summed E-state index contributed by atoms with van der Waals surface area (Å²) in [7, 11) is 0. The third-order valence-electron chi connectivity index (χ3n) is 3.79. The smallest absolute Gasteiger partial charge is 0.0700 e. The monoisotopic (exact) mass is 248 g/mol. The molecule has 0 amide bonds. The first kappa shape index (κ1) is 13.5. The predicted octanol–water partition coefficient (Wildman–Crippen LogP) is 2.70. The zero-order chi connectivity index (χ0) is 13.2. The molecule has 2 rings (SSSR count). The number of nitrogens with zero attached hydrogens (tertiary/aromatic N) is 1. The standard InChI is InChI=1S/C15H24N2O/c1-11-7-8-14(17-12(11)2)15(3,4)16-10-13-6-5-9-18-13/h7-8,13,16H,5-6,9-10H2,1-4H3/t13-/m1/s1. The fourth-order valence-electron chi connectivity index (χ4n) is 2.24. The van der Waals surface area contributed by atoms with Crippen LogP contribution in [-0.4, -0.2) is 24.2 Å². The van der Waals surface area contributed by atoms with E-state index < -0.39 is 0 Å². The third-order valence-corrected chi connectivity index (χ3v) is 3.79. The molecule has 0 radical (unpaired) electrons. The van der Waals surface area contributed by atoms with Gasteiger partial charge < -0.3 is 10.1 Å². The highest BCUT2D eigenvalue weighted by Gasteiger charge is 2.24. The highest BCUT2D eigenvalue weighted by molar-refractivity contribution is 5.24. The lowest BCUT2D eigenvalue weighted by Crippen LogP contribution is -2.41. The first-order chi connectivity index (χ1) is 8.49. The van der Waals surface area contributed by atoms with Gasteiger partial charge in [-0.3, -0.25) is 4.98 Å². The van der Waals surface area contributed by atoms with Gasteiger partial charge in [0.2, 0.25) is 0 Å². The van der Waals surface area contributed by atoms with E-state index in [1.54, 1.807) is 0 Å².